The molecular weight excluding hydrogens is 425 g/mol. The number of methoxy groups -OCH3 is 3. The van der Waals surface area contributed by atoms with Crippen molar-refractivity contribution in [2.24, 2.45) is 0 Å². The lowest BCUT2D eigenvalue weighted by atomic mass is 9.82. The summed E-state index contributed by atoms with van der Waals surface area (Å²) in [5.41, 5.74) is 4.40. The molecule has 8 heteroatoms. The molecule has 0 saturated carbocycles. The van der Waals surface area contributed by atoms with Crippen LogP contribution in [0.1, 0.15) is 34.0 Å². The van der Waals surface area contributed by atoms with Gasteiger partial charge >= 0.3 is 0 Å². The van der Waals surface area contributed by atoms with E-state index in [1.54, 1.807) is 50.4 Å². The number of hydrogen-bond donors (Lipinski definition) is 0. The van der Waals surface area contributed by atoms with Gasteiger partial charge in [-0.25, -0.2) is 13.9 Å². The number of Topliss-reactive ketones (excluding diaryl/α,β-unsaturated/α-hetero) is 1. The van der Waals surface area contributed by atoms with Crippen LogP contribution in [-0.2, 0) is 6.42 Å². The lowest BCUT2D eigenvalue weighted by Crippen LogP contribution is -2.21. The van der Waals surface area contributed by atoms with E-state index in [0.29, 0.717) is 47.0 Å². The van der Waals surface area contributed by atoms with Gasteiger partial charge in [0.25, 0.3) is 0 Å². The van der Waals surface area contributed by atoms with E-state index < -0.39 is 0 Å². The highest BCUT2D eigenvalue weighted by Crippen LogP contribution is 2.42. The van der Waals surface area contributed by atoms with Gasteiger partial charge in [0.1, 0.15) is 5.82 Å². The van der Waals surface area contributed by atoms with Crippen molar-refractivity contribution in [2.75, 3.05) is 21.3 Å². The molecule has 0 bridgehead atoms. The fourth-order valence-corrected chi connectivity index (χ4v) is 4.38. The van der Waals surface area contributed by atoms with Crippen molar-refractivity contribution >= 4 is 11.4 Å². The first-order valence-electron chi connectivity index (χ1n) is 10.5. The number of ether oxygens (including phenoxy) is 3. The van der Waals surface area contributed by atoms with Gasteiger partial charge in [-0.1, -0.05) is 12.1 Å². The van der Waals surface area contributed by atoms with Crippen molar-refractivity contribution in [2.45, 2.75) is 18.8 Å². The molecule has 33 heavy (non-hydrogen) atoms. The normalized spacial score (nSPS) is 15.4. The summed E-state index contributed by atoms with van der Waals surface area (Å²) >= 11 is 0. The first kappa shape index (κ1) is 20.9. The van der Waals surface area contributed by atoms with Gasteiger partial charge in [-0.15, -0.1) is 0 Å². The number of carbonyl (C=O) groups excluding carboxylic acids is 1. The average molecular weight is 447 g/mol. The van der Waals surface area contributed by atoms with Gasteiger partial charge in [0.05, 0.1) is 38.8 Å². The molecule has 1 unspecified atom stereocenters. The first-order chi connectivity index (χ1) is 16.0. The summed E-state index contributed by atoms with van der Waals surface area (Å²) in [5.74, 6) is 1.20. The van der Waals surface area contributed by atoms with Crippen LogP contribution in [-0.4, -0.2) is 41.7 Å². The number of ketones is 1. The van der Waals surface area contributed by atoms with Crippen LogP contribution in [0.25, 0.3) is 16.8 Å². The Morgan fingerprint density at radius 2 is 1.67 bits per heavy atom. The highest BCUT2D eigenvalue weighted by atomic mass is 19.1. The summed E-state index contributed by atoms with van der Waals surface area (Å²) in [6.07, 6.45) is 4.33. The SMILES string of the molecule is COc1cc(C2CC(=O)c3cn4ncc(-c5ccc(F)cc5)c4nc3C2)cc(OC)c1OC. The zero-order valence-corrected chi connectivity index (χ0v) is 18.5. The molecule has 2 aromatic carbocycles. The lowest BCUT2D eigenvalue weighted by Gasteiger charge is -2.24. The molecule has 2 heterocycles. The Kier molecular flexibility index (Phi) is 5.20. The number of fused-ring (bicyclic) bond motifs is 2. The van der Waals surface area contributed by atoms with Crippen LogP contribution in [0.15, 0.2) is 48.8 Å². The summed E-state index contributed by atoms with van der Waals surface area (Å²) in [7, 11) is 4.69. The predicted octanol–water partition coefficient (Wildman–Crippen LogP) is 4.47. The smallest absolute Gasteiger partial charge is 0.203 e. The van der Waals surface area contributed by atoms with Gasteiger partial charge < -0.3 is 14.2 Å². The van der Waals surface area contributed by atoms with Crippen LogP contribution in [0.5, 0.6) is 17.2 Å². The van der Waals surface area contributed by atoms with Crippen LogP contribution >= 0.6 is 0 Å². The fraction of sp³-hybridized carbons (Fsp3) is 0.240. The number of benzene rings is 2. The maximum Gasteiger partial charge on any atom is 0.203 e. The van der Waals surface area contributed by atoms with Crippen molar-refractivity contribution < 1.29 is 23.4 Å². The second-order valence-corrected chi connectivity index (χ2v) is 7.92. The second-order valence-electron chi connectivity index (χ2n) is 7.92. The Morgan fingerprint density at radius 3 is 2.30 bits per heavy atom. The number of halogens is 1. The Labute approximate surface area is 189 Å². The number of nitrogens with zero attached hydrogens (tertiary/aromatic N) is 3. The van der Waals surface area contributed by atoms with Gasteiger partial charge in [0.2, 0.25) is 5.75 Å². The highest BCUT2D eigenvalue weighted by molar-refractivity contribution is 5.99. The number of aromatic nitrogens is 3. The van der Waals surface area contributed by atoms with Crippen LogP contribution in [0.2, 0.25) is 0 Å². The van der Waals surface area contributed by atoms with E-state index in [4.69, 9.17) is 19.2 Å². The molecular formula is C25H22FN3O4. The average Bonchev–Trinajstić information content (AvgIpc) is 3.25. The number of rotatable bonds is 5. The molecule has 0 saturated heterocycles. The third kappa shape index (κ3) is 3.57. The molecule has 4 aromatic rings. The van der Waals surface area contributed by atoms with E-state index >= 15 is 0 Å². The van der Waals surface area contributed by atoms with E-state index in [2.05, 4.69) is 5.10 Å². The van der Waals surface area contributed by atoms with Crippen molar-refractivity contribution in [3.63, 3.8) is 0 Å². The second kappa shape index (κ2) is 8.20. The molecule has 0 amide bonds. The minimum Gasteiger partial charge on any atom is -0.493 e. The van der Waals surface area contributed by atoms with Crippen LogP contribution in [0, 0.1) is 5.82 Å². The molecule has 2 aromatic heterocycles. The van der Waals surface area contributed by atoms with Crippen LogP contribution in [0.3, 0.4) is 0 Å². The molecule has 0 spiro atoms. The largest absolute Gasteiger partial charge is 0.493 e. The molecule has 7 nitrogen and oxygen atoms in total. The van der Waals surface area contributed by atoms with Crippen LogP contribution < -0.4 is 14.2 Å². The van der Waals surface area contributed by atoms with Gasteiger partial charge in [0.15, 0.2) is 22.9 Å². The maximum absolute atomic E-state index is 13.4. The third-order valence-electron chi connectivity index (χ3n) is 6.06. The first-order valence-corrected chi connectivity index (χ1v) is 10.5. The molecule has 0 fully saturated rings. The predicted molar refractivity (Wildman–Crippen MR) is 120 cm³/mol. The van der Waals surface area contributed by atoms with E-state index in [9.17, 15) is 9.18 Å². The lowest BCUT2D eigenvalue weighted by molar-refractivity contribution is 0.0962. The van der Waals surface area contributed by atoms with Gasteiger partial charge in [-0.3, -0.25) is 4.79 Å². The molecule has 1 aliphatic rings. The summed E-state index contributed by atoms with van der Waals surface area (Å²) in [5, 5.41) is 4.36. The van der Waals surface area contributed by atoms with Crippen molar-refractivity contribution in [1.29, 1.82) is 0 Å². The summed E-state index contributed by atoms with van der Waals surface area (Å²) in [4.78, 5) is 17.9. The van der Waals surface area contributed by atoms with E-state index in [-0.39, 0.29) is 17.5 Å². The fourth-order valence-electron chi connectivity index (χ4n) is 4.38. The third-order valence-corrected chi connectivity index (χ3v) is 6.06. The van der Waals surface area contributed by atoms with Crippen LogP contribution in [0.4, 0.5) is 4.39 Å². The minimum atomic E-state index is -0.306. The number of hydrogen-bond acceptors (Lipinski definition) is 6. The Morgan fingerprint density at radius 1 is 0.970 bits per heavy atom. The standard InChI is InChI=1S/C25H22FN3O4/c1-31-22-10-16(11-23(32-2)24(22)33-3)15-8-20-19(21(30)9-15)13-29-25(28-20)18(12-27-29)14-4-6-17(26)7-5-14/h4-7,10-13,15H,8-9H2,1-3H3. The van der Waals surface area contributed by atoms with E-state index in [1.807, 2.05) is 12.1 Å². The van der Waals surface area contributed by atoms with Crippen molar-refractivity contribution in [1.82, 2.24) is 14.6 Å². The monoisotopic (exact) mass is 447 g/mol. The van der Waals surface area contributed by atoms with Crippen molar-refractivity contribution in [3.05, 3.63) is 71.4 Å². The molecule has 0 radical (unpaired) electrons. The Hall–Kier alpha value is -3.94. The van der Waals surface area contributed by atoms with Gasteiger partial charge in [-0.2, -0.15) is 5.10 Å². The molecule has 0 N–H and O–H groups in total. The zero-order valence-electron chi connectivity index (χ0n) is 18.5. The minimum absolute atomic E-state index is 0.00299. The van der Waals surface area contributed by atoms with E-state index in [1.165, 1.54) is 12.1 Å². The molecule has 168 valence electrons. The maximum atomic E-state index is 13.4. The van der Waals surface area contributed by atoms with E-state index in [0.717, 1.165) is 16.7 Å². The van der Waals surface area contributed by atoms with Gasteiger partial charge in [-0.05, 0) is 47.7 Å². The summed E-state index contributed by atoms with van der Waals surface area (Å²) < 4.78 is 31.4. The Bertz CT molecular complexity index is 1340. The number of carbonyl (C=O) groups is 1. The highest BCUT2D eigenvalue weighted by Gasteiger charge is 2.30. The summed E-state index contributed by atoms with van der Waals surface area (Å²) in [6.45, 7) is 0. The molecule has 0 aliphatic heterocycles. The van der Waals surface area contributed by atoms with Crippen molar-refractivity contribution in [3.8, 4) is 28.4 Å². The molecule has 5 rings (SSSR count). The zero-order chi connectivity index (χ0) is 23.1. The van der Waals surface area contributed by atoms with Gasteiger partial charge in [0, 0.05) is 18.2 Å². The summed E-state index contributed by atoms with van der Waals surface area (Å²) in [6, 6.07) is 9.95. The molecule has 1 atom stereocenters. The topological polar surface area (TPSA) is 75.0 Å². The quantitative estimate of drug-likeness (QED) is 0.449. The molecule has 1 aliphatic carbocycles. The Balaban J connectivity index is 1.57.